The van der Waals surface area contributed by atoms with Crippen LogP contribution in [0, 0.1) is 5.82 Å². The van der Waals surface area contributed by atoms with Crippen molar-refractivity contribution in [1.29, 1.82) is 0 Å². The van der Waals surface area contributed by atoms with Gasteiger partial charge in [-0.3, -0.25) is 0 Å². The highest BCUT2D eigenvalue weighted by Crippen LogP contribution is 2.22. The molecule has 20 heavy (non-hydrogen) atoms. The van der Waals surface area contributed by atoms with Crippen LogP contribution in [-0.4, -0.2) is 6.54 Å². The molecule has 0 radical (unpaired) electrons. The summed E-state index contributed by atoms with van der Waals surface area (Å²) in [4.78, 5) is 0. The smallest absolute Gasteiger partial charge is 0.137 e. The highest BCUT2D eigenvalue weighted by Gasteiger charge is 2.02. The summed E-state index contributed by atoms with van der Waals surface area (Å²) < 4.78 is 19.2. The molecule has 1 N–H and O–H groups in total. The van der Waals surface area contributed by atoms with Crippen LogP contribution in [0.4, 0.5) is 4.39 Å². The van der Waals surface area contributed by atoms with Crippen LogP contribution in [0.1, 0.15) is 18.1 Å². The molecule has 0 aliphatic rings. The van der Waals surface area contributed by atoms with Crippen LogP contribution in [0.5, 0.6) is 5.75 Å². The van der Waals surface area contributed by atoms with Gasteiger partial charge in [0.25, 0.3) is 0 Å². The van der Waals surface area contributed by atoms with Crippen LogP contribution in [0.2, 0.25) is 0 Å². The summed E-state index contributed by atoms with van der Waals surface area (Å²) in [5.74, 6) is 0.361. The maximum absolute atomic E-state index is 13.1. The van der Waals surface area contributed by atoms with Gasteiger partial charge in [0.05, 0.1) is 4.47 Å². The molecule has 0 aliphatic carbocycles. The van der Waals surface area contributed by atoms with Crippen molar-refractivity contribution in [3.63, 3.8) is 0 Å². The zero-order valence-corrected chi connectivity index (χ0v) is 12.9. The molecule has 2 aromatic carbocycles. The van der Waals surface area contributed by atoms with Gasteiger partial charge in [-0.25, -0.2) is 4.39 Å². The van der Waals surface area contributed by atoms with E-state index in [0.29, 0.717) is 16.8 Å². The SMILES string of the molecule is CCNCc1cccc(COc2ccc(F)c(Br)c2)c1. The van der Waals surface area contributed by atoms with Crippen LogP contribution >= 0.6 is 15.9 Å². The maximum atomic E-state index is 13.1. The fourth-order valence-electron chi connectivity index (χ4n) is 1.83. The molecule has 0 atom stereocenters. The Bertz CT molecular complexity index is 574. The van der Waals surface area contributed by atoms with Gasteiger partial charge in [0.15, 0.2) is 0 Å². The monoisotopic (exact) mass is 337 g/mol. The number of hydrogen-bond donors (Lipinski definition) is 1. The molecule has 106 valence electrons. The van der Waals surface area contributed by atoms with E-state index >= 15 is 0 Å². The fourth-order valence-corrected chi connectivity index (χ4v) is 2.19. The Morgan fingerprint density at radius 2 is 1.95 bits per heavy atom. The second-order valence-corrected chi connectivity index (χ2v) is 5.32. The minimum atomic E-state index is -0.287. The van der Waals surface area contributed by atoms with E-state index < -0.39 is 0 Å². The highest BCUT2D eigenvalue weighted by atomic mass is 79.9. The summed E-state index contributed by atoms with van der Waals surface area (Å²) in [5.41, 5.74) is 2.33. The third-order valence-corrected chi connectivity index (χ3v) is 3.47. The van der Waals surface area contributed by atoms with Crippen molar-refractivity contribution in [2.45, 2.75) is 20.1 Å². The van der Waals surface area contributed by atoms with Crippen molar-refractivity contribution < 1.29 is 9.13 Å². The summed E-state index contributed by atoms with van der Waals surface area (Å²) >= 11 is 3.15. The lowest BCUT2D eigenvalue weighted by molar-refractivity contribution is 0.305. The lowest BCUT2D eigenvalue weighted by atomic mass is 10.1. The molecule has 0 unspecified atom stereocenters. The van der Waals surface area contributed by atoms with E-state index in [0.717, 1.165) is 18.7 Å². The van der Waals surface area contributed by atoms with E-state index in [1.807, 2.05) is 12.1 Å². The van der Waals surface area contributed by atoms with Crippen LogP contribution < -0.4 is 10.1 Å². The van der Waals surface area contributed by atoms with Gasteiger partial charge in [-0.05, 0) is 51.8 Å². The first-order valence-electron chi connectivity index (χ1n) is 6.55. The van der Waals surface area contributed by atoms with Gasteiger partial charge in [0.1, 0.15) is 18.2 Å². The summed E-state index contributed by atoms with van der Waals surface area (Å²) in [6.45, 7) is 4.36. The average Bonchev–Trinajstić information content (AvgIpc) is 2.47. The Balaban J connectivity index is 1.97. The van der Waals surface area contributed by atoms with E-state index in [2.05, 4.69) is 40.3 Å². The third kappa shape index (κ3) is 4.32. The van der Waals surface area contributed by atoms with Crippen molar-refractivity contribution in [2.75, 3.05) is 6.54 Å². The first-order chi connectivity index (χ1) is 9.69. The van der Waals surface area contributed by atoms with Gasteiger partial charge in [-0.15, -0.1) is 0 Å². The Hall–Kier alpha value is -1.39. The normalized spacial score (nSPS) is 10.6. The lowest BCUT2D eigenvalue weighted by Crippen LogP contribution is -2.11. The summed E-state index contributed by atoms with van der Waals surface area (Å²) in [6.07, 6.45) is 0. The van der Waals surface area contributed by atoms with Gasteiger partial charge in [0.2, 0.25) is 0 Å². The topological polar surface area (TPSA) is 21.3 Å². The van der Waals surface area contributed by atoms with Crippen molar-refractivity contribution >= 4 is 15.9 Å². The molecule has 0 aliphatic heterocycles. The van der Waals surface area contributed by atoms with Gasteiger partial charge < -0.3 is 10.1 Å². The summed E-state index contributed by atoms with van der Waals surface area (Å²) in [5, 5.41) is 3.29. The Kier molecular flexibility index (Phi) is 5.56. The van der Waals surface area contributed by atoms with Crippen molar-refractivity contribution in [3.05, 3.63) is 63.9 Å². The zero-order chi connectivity index (χ0) is 14.4. The second kappa shape index (κ2) is 7.41. The minimum absolute atomic E-state index is 0.287. The molecule has 0 aromatic heterocycles. The molecule has 0 spiro atoms. The number of halogens is 2. The lowest BCUT2D eigenvalue weighted by Gasteiger charge is -2.09. The number of hydrogen-bond acceptors (Lipinski definition) is 2. The standard InChI is InChI=1S/C16H17BrFNO/c1-2-19-10-12-4-3-5-13(8-12)11-20-14-6-7-16(18)15(17)9-14/h3-9,19H,2,10-11H2,1H3. The Morgan fingerprint density at radius 3 is 2.70 bits per heavy atom. The summed E-state index contributed by atoms with van der Waals surface area (Å²) in [7, 11) is 0. The molecule has 0 amide bonds. The van der Waals surface area contributed by atoms with Crippen LogP contribution in [0.15, 0.2) is 46.9 Å². The minimum Gasteiger partial charge on any atom is -0.489 e. The predicted molar refractivity (Wildman–Crippen MR) is 82.3 cm³/mol. The van der Waals surface area contributed by atoms with Gasteiger partial charge in [0, 0.05) is 6.54 Å². The number of nitrogens with one attached hydrogen (secondary N) is 1. The highest BCUT2D eigenvalue weighted by molar-refractivity contribution is 9.10. The van der Waals surface area contributed by atoms with Crippen LogP contribution in [0.25, 0.3) is 0 Å². The van der Waals surface area contributed by atoms with Crippen molar-refractivity contribution in [2.24, 2.45) is 0 Å². The van der Waals surface area contributed by atoms with E-state index in [1.54, 1.807) is 12.1 Å². The molecule has 2 rings (SSSR count). The fraction of sp³-hybridized carbons (Fsp3) is 0.250. The number of rotatable bonds is 6. The molecule has 0 heterocycles. The molecule has 0 fully saturated rings. The van der Waals surface area contributed by atoms with Gasteiger partial charge in [-0.2, -0.15) is 0 Å². The van der Waals surface area contributed by atoms with Crippen molar-refractivity contribution in [1.82, 2.24) is 5.32 Å². The predicted octanol–water partition coefficient (Wildman–Crippen LogP) is 4.28. The largest absolute Gasteiger partial charge is 0.489 e. The van der Waals surface area contributed by atoms with Gasteiger partial charge >= 0.3 is 0 Å². The second-order valence-electron chi connectivity index (χ2n) is 4.46. The first kappa shape index (κ1) is 15.0. The number of benzene rings is 2. The summed E-state index contributed by atoms with van der Waals surface area (Å²) in [6, 6.07) is 12.9. The quantitative estimate of drug-likeness (QED) is 0.849. The van der Waals surface area contributed by atoms with E-state index in [9.17, 15) is 4.39 Å². The molecule has 0 saturated carbocycles. The zero-order valence-electron chi connectivity index (χ0n) is 11.3. The van der Waals surface area contributed by atoms with E-state index in [4.69, 9.17) is 4.74 Å². The average molecular weight is 338 g/mol. The van der Waals surface area contributed by atoms with Crippen molar-refractivity contribution in [3.8, 4) is 5.75 Å². The molecular weight excluding hydrogens is 321 g/mol. The first-order valence-corrected chi connectivity index (χ1v) is 7.34. The molecule has 0 bridgehead atoms. The van der Waals surface area contributed by atoms with Crippen LogP contribution in [-0.2, 0) is 13.2 Å². The Labute approximate surface area is 127 Å². The van der Waals surface area contributed by atoms with E-state index in [-0.39, 0.29) is 5.82 Å². The van der Waals surface area contributed by atoms with Gasteiger partial charge in [-0.1, -0.05) is 31.2 Å². The van der Waals surface area contributed by atoms with E-state index in [1.165, 1.54) is 11.6 Å². The molecule has 4 heteroatoms. The third-order valence-electron chi connectivity index (χ3n) is 2.87. The maximum Gasteiger partial charge on any atom is 0.137 e. The molecular formula is C16H17BrFNO. The van der Waals surface area contributed by atoms with Crippen LogP contribution in [0.3, 0.4) is 0 Å². The number of ether oxygens (including phenoxy) is 1. The Morgan fingerprint density at radius 1 is 1.15 bits per heavy atom. The molecule has 0 saturated heterocycles. The molecule has 2 nitrogen and oxygen atoms in total. The molecule has 2 aromatic rings.